The van der Waals surface area contributed by atoms with Crippen LogP contribution < -0.4 is 0 Å². The second-order valence-corrected chi connectivity index (χ2v) is 11.4. The van der Waals surface area contributed by atoms with Gasteiger partial charge in [-0.15, -0.1) is 0 Å². The zero-order chi connectivity index (χ0) is 28.1. The van der Waals surface area contributed by atoms with Crippen LogP contribution in [0.25, 0.3) is 93.1 Å². The van der Waals surface area contributed by atoms with E-state index in [1.165, 1.54) is 49.1 Å². The van der Waals surface area contributed by atoms with E-state index >= 15 is 0 Å². The Kier molecular flexibility index (Phi) is 4.45. The van der Waals surface area contributed by atoms with Crippen molar-refractivity contribution in [3.63, 3.8) is 0 Å². The number of aromatic nitrogens is 2. The Morgan fingerprint density at radius 1 is 0.442 bits per heavy atom. The minimum Gasteiger partial charge on any atom is -0.455 e. The Morgan fingerprint density at radius 3 is 2.05 bits per heavy atom. The third-order valence-electron chi connectivity index (χ3n) is 9.11. The summed E-state index contributed by atoms with van der Waals surface area (Å²) in [5.74, 6) is 0. The van der Waals surface area contributed by atoms with Crippen molar-refractivity contribution in [2.75, 3.05) is 0 Å². The molecule has 0 aliphatic carbocycles. The molecule has 43 heavy (non-hydrogen) atoms. The van der Waals surface area contributed by atoms with E-state index in [9.17, 15) is 0 Å². The molecule has 3 aromatic heterocycles. The van der Waals surface area contributed by atoms with E-state index in [-0.39, 0.29) is 0 Å². The molecule has 10 aromatic rings. The smallest absolute Gasteiger partial charge is 0.145 e. The van der Waals surface area contributed by atoms with Gasteiger partial charge in [0.15, 0.2) is 0 Å². The van der Waals surface area contributed by atoms with Crippen LogP contribution in [0.4, 0.5) is 0 Å². The summed E-state index contributed by atoms with van der Waals surface area (Å²) in [5.41, 5.74) is 9.97. The fraction of sp³-hybridized carbons (Fsp3) is 0. The summed E-state index contributed by atoms with van der Waals surface area (Å²) in [6.45, 7) is 0. The van der Waals surface area contributed by atoms with Crippen molar-refractivity contribution in [3.05, 3.63) is 140 Å². The minimum atomic E-state index is 0.897. The minimum absolute atomic E-state index is 0.897. The molecular weight excluding hydrogens is 524 g/mol. The van der Waals surface area contributed by atoms with Crippen LogP contribution >= 0.6 is 0 Å². The third-order valence-corrected chi connectivity index (χ3v) is 9.11. The number of para-hydroxylation sites is 2. The molecule has 0 bridgehead atoms. The van der Waals surface area contributed by atoms with E-state index in [2.05, 4.69) is 149 Å². The standard InChI is InChI=1S/C40H24N2O/c1-2-10-24(11-3-1)25-18-21-35-31(22-25)27-13-7-9-17-34(27)42(35)36-23-37-38(28-14-5-4-12-26(28)36)30-19-20-33-39(40(30)43-37)29-15-6-8-16-32(29)41-33/h1-23,41H. The second kappa shape index (κ2) is 8.37. The monoisotopic (exact) mass is 548 g/mol. The van der Waals surface area contributed by atoms with Crippen molar-refractivity contribution in [2.45, 2.75) is 0 Å². The highest BCUT2D eigenvalue weighted by Crippen LogP contribution is 2.44. The van der Waals surface area contributed by atoms with Crippen LogP contribution in [0.3, 0.4) is 0 Å². The first-order valence-electron chi connectivity index (χ1n) is 14.7. The van der Waals surface area contributed by atoms with E-state index < -0.39 is 0 Å². The van der Waals surface area contributed by atoms with Gasteiger partial charge >= 0.3 is 0 Å². The van der Waals surface area contributed by atoms with Gasteiger partial charge in [-0.1, -0.05) is 97.1 Å². The molecule has 7 aromatic carbocycles. The Morgan fingerprint density at radius 2 is 1.16 bits per heavy atom. The average Bonchev–Trinajstić information content (AvgIpc) is 3.74. The van der Waals surface area contributed by atoms with E-state index in [4.69, 9.17) is 4.42 Å². The van der Waals surface area contributed by atoms with Gasteiger partial charge in [-0.3, -0.25) is 0 Å². The molecular formula is C40H24N2O. The molecule has 10 rings (SSSR count). The molecule has 0 saturated heterocycles. The van der Waals surface area contributed by atoms with Crippen LogP contribution in [0.2, 0.25) is 0 Å². The molecule has 1 N–H and O–H groups in total. The Balaban J connectivity index is 1.33. The highest BCUT2D eigenvalue weighted by atomic mass is 16.3. The molecule has 0 fully saturated rings. The summed E-state index contributed by atoms with van der Waals surface area (Å²) in [7, 11) is 0. The lowest BCUT2D eigenvalue weighted by atomic mass is 10.0. The zero-order valence-corrected chi connectivity index (χ0v) is 23.1. The number of fused-ring (bicyclic) bond motifs is 12. The van der Waals surface area contributed by atoms with E-state index in [1.807, 2.05) is 0 Å². The van der Waals surface area contributed by atoms with Gasteiger partial charge in [-0.2, -0.15) is 0 Å². The summed E-state index contributed by atoms with van der Waals surface area (Å²) >= 11 is 0. The molecule has 3 heteroatoms. The van der Waals surface area contributed by atoms with Crippen LogP contribution in [-0.2, 0) is 0 Å². The van der Waals surface area contributed by atoms with Crippen LogP contribution in [0.1, 0.15) is 0 Å². The van der Waals surface area contributed by atoms with Gasteiger partial charge in [0.05, 0.1) is 27.6 Å². The molecule has 0 aliphatic rings. The van der Waals surface area contributed by atoms with Gasteiger partial charge < -0.3 is 14.0 Å². The predicted octanol–water partition coefficient (Wildman–Crippen LogP) is 11.1. The van der Waals surface area contributed by atoms with Crippen LogP contribution in [-0.4, -0.2) is 9.55 Å². The molecule has 3 nitrogen and oxygen atoms in total. The number of benzene rings is 7. The van der Waals surface area contributed by atoms with Gasteiger partial charge in [0.1, 0.15) is 11.2 Å². The SMILES string of the molecule is c1ccc(-c2ccc3c(c2)c2ccccc2n3-c2cc3oc4c(ccc5[nH]c6ccccc6c54)c3c3ccccc23)cc1. The normalized spacial score (nSPS) is 12.2. The number of hydrogen-bond donors (Lipinski definition) is 1. The molecule has 3 heterocycles. The van der Waals surface area contributed by atoms with Gasteiger partial charge in [0.25, 0.3) is 0 Å². The summed E-state index contributed by atoms with van der Waals surface area (Å²) in [5, 5.41) is 9.50. The fourth-order valence-electron chi connectivity index (χ4n) is 7.24. The summed E-state index contributed by atoms with van der Waals surface area (Å²) < 4.78 is 9.26. The molecule has 200 valence electrons. The van der Waals surface area contributed by atoms with Gasteiger partial charge in [-0.05, 0) is 52.9 Å². The lowest BCUT2D eigenvalue weighted by Crippen LogP contribution is -1.95. The molecule has 0 amide bonds. The highest BCUT2D eigenvalue weighted by Gasteiger charge is 2.20. The summed E-state index contributed by atoms with van der Waals surface area (Å²) in [4.78, 5) is 3.58. The molecule has 0 saturated carbocycles. The lowest BCUT2D eigenvalue weighted by molar-refractivity contribution is 0.673. The lowest BCUT2D eigenvalue weighted by Gasteiger charge is -2.13. The first kappa shape index (κ1) is 22.8. The van der Waals surface area contributed by atoms with Crippen molar-refractivity contribution >= 4 is 76.3 Å². The van der Waals surface area contributed by atoms with E-state index in [0.29, 0.717) is 0 Å². The maximum atomic E-state index is 6.85. The maximum Gasteiger partial charge on any atom is 0.145 e. The number of furan rings is 1. The molecule has 0 aliphatic heterocycles. The molecule has 0 atom stereocenters. The van der Waals surface area contributed by atoms with Gasteiger partial charge in [0, 0.05) is 43.9 Å². The van der Waals surface area contributed by atoms with Crippen molar-refractivity contribution in [1.29, 1.82) is 0 Å². The second-order valence-electron chi connectivity index (χ2n) is 11.4. The van der Waals surface area contributed by atoms with Gasteiger partial charge in [0.2, 0.25) is 0 Å². The van der Waals surface area contributed by atoms with Crippen LogP contribution in [0.15, 0.2) is 144 Å². The Labute approximate surface area is 246 Å². The average molecular weight is 549 g/mol. The van der Waals surface area contributed by atoms with Crippen molar-refractivity contribution in [2.24, 2.45) is 0 Å². The molecule has 0 unspecified atom stereocenters. The number of hydrogen-bond acceptors (Lipinski definition) is 1. The number of rotatable bonds is 2. The third kappa shape index (κ3) is 3.08. The van der Waals surface area contributed by atoms with Crippen molar-refractivity contribution < 1.29 is 4.42 Å². The molecule has 0 spiro atoms. The zero-order valence-electron chi connectivity index (χ0n) is 23.1. The summed E-state index contributed by atoms with van der Waals surface area (Å²) in [6.07, 6.45) is 0. The maximum absolute atomic E-state index is 6.85. The van der Waals surface area contributed by atoms with Crippen LogP contribution in [0, 0.1) is 0 Å². The highest BCUT2D eigenvalue weighted by molar-refractivity contribution is 6.28. The molecule has 0 radical (unpaired) electrons. The van der Waals surface area contributed by atoms with E-state index in [1.54, 1.807) is 0 Å². The number of nitrogens with zero attached hydrogens (tertiary/aromatic N) is 1. The predicted molar refractivity (Wildman–Crippen MR) is 180 cm³/mol. The first-order chi connectivity index (χ1) is 21.3. The number of H-pyrrole nitrogens is 1. The van der Waals surface area contributed by atoms with Crippen LogP contribution in [0.5, 0.6) is 0 Å². The topological polar surface area (TPSA) is 33.9 Å². The summed E-state index contributed by atoms with van der Waals surface area (Å²) in [6, 6.07) is 50.0. The van der Waals surface area contributed by atoms with E-state index in [0.717, 1.165) is 44.0 Å². The fourth-order valence-corrected chi connectivity index (χ4v) is 7.24. The Hall–Kier alpha value is -5.80. The first-order valence-corrected chi connectivity index (χ1v) is 14.7. The van der Waals surface area contributed by atoms with Crippen molar-refractivity contribution in [3.8, 4) is 16.8 Å². The largest absolute Gasteiger partial charge is 0.455 e. The quantitative estimate of drug-likeness (QED) is 0.229. The Bertz CT molecular complexity index is 2720. The number of nitrogens with one attached hydrogen (secondary N) is 1. The van der Waals surface area contributed by atoms with Gasteiger partial charge in [-0.25, -0.2) is 0 Å². The number of aromatic amines is 1. The van der Waals surface area contributed by atoms with Crippen molar-refractivity contribution in [1.82, 2.24) is 9.55 Å².